The van der Waals surface area contributed by atoms with Crippen molar-refractivity contribution in [3.05, 3.63) is 42.0 Å². The highest BCUT2D eigenvalue weighted by molar-refractivity contribution is 5.79. The van der Waals surface area contributed by atoms with Gasteiger partial charge in [-0.15, -0.1) is 0 Å². The van der Waals surface area contributed by atoms with Crippen LogP contribution < -0.4 is 0 Å². The van der Waals surface area contributed by atoms with Crippen molar-refractivity contribution in [3.63, 3.8) is 0 Å². The highest BCUT2D eigenvalue weighted by Crippen LogP contribution is 2.19. The molecular formula is C21H31N3O2. The zero-order valence-electron chi connectivity index (χ0n) is 15.8. The summed E-state index contributed by atoms with van der Waals surface area (Å²) in [5, 5.41) is 0. The van der Waals surface area contributed by atoms with Gasteiger partial charge in [-0.05, 0) is 18.5 Å². The molecule has 0 bridgehead atoms. The Morgan fingerprint density at radius 2 is 1.88 bits per heavy atom. The molecule has 1 amide bonds. The summed E-state index contributed by atoms with van der Waals surface area (Å²) < 4.78 is 5.14. The molecule has 142 valence electrons. The Balaban J connectivity index is 1.38. The summed E-state index contributed by atoms with van der Waals surface area (Å²) in [6.45, 7) is 8.17. The third kappa shape index (κ3) is 5.40. The fourth-order valence-electron chi connectivity index (χ4n) is 3.77. The van der Waals surface area contributed by atoms with E-state index in [1.54, 1.807) is 7.11 Å². The molecule has 2 fully saturated rings. The predicted molar refractivity (Wildman–Crippen MR) is 105 cm³/mol. The van der Waals surface area contributed by atoms with Crippen LogP contribution in [0.15, 0.2) is 36.4 Å². The van der Waals surface area contributed by atoms with Crippen LogP contribution in [0.5, 0.6) is 0 Å². The van der Waals surface area contributed by atoms with Crippen molar-refractivity contribution < 1.29 is 9.53 Å². The lowest BCUT2D eigenvalue weighted by Crippen LogP contribution is -2.50. The molecule has 5 nitrogen and oxygen atoms in total. The third-order valence-electron chi connectivity index (χ3n) is 5.39. The number of hydrogen-bond acceptors (Lipinski definition) is 4. The van der Waals surface area contributed by atoms with E-state index in [0.717, 1.165) is 65.4 Å². The van der Waals surface area contributed by atoms with Crippen molar-refractivity contribution in [2.75, 3.05) is 66.1 Å². The molecule has 5 heteroatoms. The van der Waals surface area contributed by atoms with E-state index in [2.05, 4.69) is 51.1 Å². The van der Waals surface area contributed by atoms with Gasteiger partial charge >= 0.3 is 0 Å². The normalized spacial score (nSPS) is 22.3. The van der Waals surface area contributed by atoms with Gasteiger partial charge in [0.05, 0.1) is 12.5 Å². The van der Waals surface area contributed by atoms with Gasteiger partial charge in [0, 0.05) is 52.9 Å². The van der Waals surface area contributed by atoms with E-state index in [9.17, 15) is 4.79 Å². The van der Waals surface area contributed by atoms with Crippen molar-refractivity contribution in [1.82, 2.24) is 14.7 Å². The Morgan fingerprint density at radius 1 is 1.12 bits per heavy atom. The fraction of sp³-hybridized carbons (Fsp3) is 0.571. The first kappa shape index (κ1) is 19.1. The molecule has 2 heterocycles. The molecule has 2 saturated heterocycles. The number of ether oxygens (including phenoxy) is 1. The molecule has 3 rings (SSSR count). The van der Waals surface area contributed by atoms with Gasteiger partial charge in [-0.3, -0.25) is 9.69 Å². The summed E-state index contributed by atoms with van der Waals surface area (Å²) in [4.78, 5) is 19.6. The number of methoxy groups -OCH3 is 1. The minimum absolute atomic E-state index is 0.177. The summed E-state index contributed by atoms with van der Waals surface area (Å²) in [5.41, 5.74) is 1.24. The van der Waals surface area contributed by atoms with Crippen LogP contribution in [0.2, 0.25) is 0 Å². The van der Waals surface area contributed by atoms with E-state index >= 15 is 0 Å². The Labute approximate surface area is 157 Å². The van der Waals surface area contributed by atoms with Crippen LogP contribution in [0, 0.1) is 5.92 Å². The van der Waals surface area contributed by atoms with Crippen molar-refractivity contribution in [3.8, 4) is 0 Å². The molecule has 26 heavy (non-hydrogen) atoms. The van der Waals surface area contributed by atoms with E-state index in [1.807, 2.05) is 6.07 Å². The van der Waals surface area contributed by atoms with Gasteiger partial charge in [-0.2, -0.15) is 0 Å². The first-order valence-corrected chi connectivity index (χ1v) is 9.70. The minimum atomic E-state index is 0.177. The maximum Gasteiger partial charge on any atom is 0.227 e. The molecule has 0 spiro atoms. The second-order valence-electron chi connectivity index (χ2n) is 7.22. The highest BCUT2D eigenvalue weighted by Gasteiger charge is 2.32. The Bertz CT molecular complexity index is 582. The van der Waals surface area contributed by atoms with Crippen molar-refractivity contribution in [1.29, 1.82) is 0 Å². The largest absolute Gasteiger partial charge is 0.383 e. The van der Waals surface area contributed by atoms with E-state index < -0.39 is 0 Å². The lowest BCUT2D eigenvalue weighted by molar-refractivity contribution is -0.136. The smallest absolute Gasteiger partial charge is 0.227 e. The van der Waals surface area contributed by atoms with E-state index in [4.69, 9.17) is 4.74 Å². The predicted octanol–water partition coefficient (Wildman–Crippen LogP) is 1.81. The number of hydrogen-bond donors (Lipinski definition) is 0. The van der Waals surface area contributed by atoms with Crippen LogP contribution in [-0.4, -0.2) is 86.7 Å². The second-order valence-corrected chi connectivity index (χ2v) is 7.22. The number of benzene rings is 1. The maximum atomic E-state index is 12.8. The lowest BCUT2D eigenvalue weighted by atomic mass is 10.1. The van der Waals surface area contributed by atoms with Crippen LogP contribution >= 0.6 is 0 Å². The summed E-state index contributed by atoms with van der Waals surface area (Å²) >= 11 is 0. The fourth-order valence-corrected chi connectivity index (χ4v) is 3.77. The Kier molecular flexibility index (Phi) is 7.23. The summed E-state index contributed by atoms with van der Waals surface area (Å²) in [5.74, 6) is 0.528. The molecule has 0 unspecified atom stereocenters. The number of piperazine rings is 1. The van der Waals surface area contributed by atoms with Crippen LogP contribution in [0.1, 0.15) is 12.0 Å². The van der Waals surface area contributed by atoms with Crippen LogP contribution in [0.4, 0.5) is 0 Å². The van der Waals surface area contributed by atoms with Gasteiger partial charge in [0.1, 0.15) is 0 Å². The molecule has 2 aliphatic rings. The van der Waals surface area contributed by atoms with Gasteiger partial charge in [-0.25, -0.2) is 0 Å². The van der Waals surface area contributed by atoms with Gasteiger partial charge in [0.15, 0.2) is 0 Å². The quantitative estimate of drug-likeness (QED) is 0.746. The first-order chi connectivity index (χ1) is 12.8. The van der Waals surface area contributed by atoms with Crippen molar-refractivity contribution >= 4 is 12.0 Å². The number of rotatable bonds is 7. The van der Waals surface area contributed by atoms with E-state index in [-0.39, 0.29) is 5.92 Å². The summed E-state index contributed by atoms with van der Waals surface area (Å²) in [6.07, 6.45) is 5.38. The Hall–Kier alpha value is -1.69. The monoisotopic (exact) mass is 357 g/mol. The van der Waals surface area contributed by atoms with Gasteiger partial charge < -0.3 is 14.5 Å². The SMILES string of the molecule is COCCN1CC[C@H](C(=O)N2CCN(C/C=C/c3ccccc3)CC2)C1. The second kappa shape index (κ2) is 9.86. The molecule has 0 aliphatic carbocycles. The third-order valence-corrected chi connectivity index (χ3v) is 5.39. The number of carbonyl (C=O) groups is 1. The molecule has 0 radical (unpaired) electrons. The van der Waals surface area contributed by atoms with Crippen LogP contribution in [-0.2, 0) is 9.53 Å². The number of likely N-dealkylation sites (tertiary alicyclic amines) is 1. The number of amides is 1. The van der Waals surface area contributed by atoms with Gasteiger partial charge in [-0.1, -0.05) is 42.5 Å². The molecule has 1 aromatic rings. The molecule has 1 aromatic carbocycles. The molecule has 1 atom stereocenters. The first-order valence-electron chi connectivity index (χ1n) is 9.70. The van der Waals surface area contributed by atoms with E-state index in [0.29, 0.717) is 5.91 Å². The van der Waals surface area contributed by atoms with Gasteiger partial charge in [0.25, 0.3) is 0 Å². The minimum Gasteiger partial charge on any atom is -0.383 e. The van der Waals surface area contributed by atoms with E-state index in [1.165, 1.54) is 5.56 Å². The summed E-state index contributed by atoms with van der Waals surface area (Å²) in [6, 6.07) is 10.4. The molecule has 2 aliphatic heterocycles. The topological polar surface area (TPSA) is 36.0 Å². The van der Waals surface area contributed by atoms with Crippen LogP contribution in [0.25, 0.3) is 6.08 Å². The average Bonchev–Trinajstić information content (AvgIpc) is 3.16. The molecule has 0 saturated carbocycles. The Morgan fingerprint density at radius 3 is 2.62 bits per heavy atom. The maximum absolute atomic E-state index is 12.8. The van der Waals surface area contributed by atoms with Crippen LogP contribution in [0.3, 0.4) is 0 Å². The van der Waals surface area contributed by atoms with Crippen molar-refractivity contribution in [2.24, 2.45) is 5.92 Å². The zero-order valence-corrected chi connectivity index (χ0v) is 15.8. The number of carbonyl (C=O) groups excluding carboxylic acids is 1. The molecule has 0 N–H and O–H groups in total. The molecule has 0 aromatic heterocycles. The summed E-state index contributed by atoms with van der Waals surface area (Å²) in [7, 11) is 1.73. The van der Waals surface area contributed by atoms with Crippen molar-refractivity contribution in [2.45, 2.75) is 6.42 Å². The highest BCUT2D eigenvalue weighted by atomic mass is 16.5. The lowest BCUT2D eigenvalue weighted by Gasteiger charge is -2.35. The van der Waals surface area contributed by atoms with Gasteiger partial charge in [0.2, 0.25) is 5.91 Å². The zero-order chi connectivity index (χ0) is 18.2. The number of nitrogens with zero attached hydrogens (tertiary/aromatic N) is 3. The molecular weight excluding hydrogens is 326 g/mol. The standard InChI is InChI=1S/C21H31N3O2/c1-26-17-16-23-11-9-20(18-23)21(25)24-14-12-22(13-15-24)10-5-8-19-6-3-2-4-7-19/h2-8,20H,9-18H2,1H3/b8-5+/t20-/m0/s1. The average molecular weight is 357 g/mol.